The molecule has 0 heterocycles. The van der Waals surface area contributed by atoms with Crippen molar-refractivity contribution in [1.82, 2.24) is 5.32 Å². The van der Waals surface area contributed by atoms with Gasteiger partial charge in [-0.2, -0.15) is 0 Å². The van der Waals surface area contributed by atoms with E-state index in [1.807, 2.05) is 31.2 Å². The van der Waals surface area contributed by atoms with Crippen LogP contribution in [0.15, 0.2) is 24.3 Å². The van der Waals surface area contributed by atoms with Crippen LogP contribution in [-0.2, 0) is 0 Å². The highest BCUT2D eigenvalue weighted by atomic mass is 16.1. The Labute approximate surface area is 109 Å². The number of amides is 1. The van der Waals surface area contributed by atoms with Crippen LogP contribution in [0.4, 0.5) is 0 Å². The second kappa shape index (κ2) is 5.53. The molecule has 1 saturated carbocycles. The van der Waals surface area contributed by atoms with Gasteiger partial charge in [0.05, 0.1) is 0 Å². The minimum Gasteiger partial charge on any atom is -0.351 e. The molecule has 0 aromatic heterocycles. The molecule has 0 saturated heterocycles. The fraction of sp³-hybridized carbons (Fsp3) is 0.533. The van der Waals surface area contributed by atoms with Crippen LogP contribution in [0.2, 0.25) is 0 Å². The molecule has 3 N–H and O–H groups in total. The van der Waals surface area contributed by atoms with Gasteiger partial charge in [0, 0.05) is 12.1 Å². The predicted octanol–water partition coefficient (Wildman–Crippen LogP) is 2.24. The van der Waals surface area contributed by atoms with E-state index < -0.39 is 0 Å². The first-order chi connectivity index (χ1) is 8.67. The first kappa shape index (κ1) is 13.1. The molecular formula is C15H22N2O. The Morgan fingerprint density at radius 1 is 1.33 bits per heavy atom. The van der Waals surface area contributed by atoms with E-state index in [1.165, 1.54) is 12.8 Å². The van der Waals surface area contributed by atoms with E-state index in [2.05, 4.69) is 5.32 Å². The number of hydrogen-bond acceptors (Lipinski definition) is 2. The summed E-state index contributed by atoms with van der Waals surface area (Å²) in [7, 11) is 0. The van der Waals surface area contributed by atoms with E-state index in [4.69, 9.17) is 5.73 Å². The Morgan fingerprint density at radius 3 is 2.61 bits per heavy atom. The Bertz CT molecular complexity index is 422. The van der Waals surface area contributed by atoms with Crippen LogP contribution in [0.25, 0.3) is 0 Å². The molecule has 3 nitrogen and oxygen atoms in total. The summed E-state index contributed by atoms with van der Waals surface area (Å²) in [4.78, 5) is 12.1. The maximum atomic E-state index is 12.1. The molecule has 1 aliphatic rings. The van der Waals surface area contributed by atoms with Gasteiger partial charge in [-0.25, -0.2) is 0 Å². The summed E-state index contributed by atoms with van der Waals surface area (Å²) in [5.41, 5.74) is 7.79. The first-order valence-corrected chi connectivity index (χ1v) is 6.71. The minimum absolute atomic E-state index is 0.0211. The third-order valence-corrected chi connectivity index (χ3v) is 4.11. The lowest BCUT2D eigenvalue weighted by Crippen LogP contribution is -2.40. The van der Waals surface area contributed by atoms with Gasteiger partial charge in [-0.05, 0) is 43.4 Å². The van der Waals surface area contributed by atoms with Crippen molar-refractivity contribution < 1.29 is 4.79 Å². The normalized spacial score (nSPS) is 17.7. The van der Waals surface area contributed by atoms with E-state index >= 15 is 0 Å². The van der Waals surface area contributed by atoms with Crippen molar-refractivity contribution in [3.8, 4) is 0 Å². The number of carbonyl (C=O) groups is 1. The quantitative estimate of drug-likeness (QED) is 0.856. The summed E-state index contributed by atoms with van der Waals surface area (Å²) in [5, 5.41) is 3.05. The van der Waals surface area contributed by atoms with E-state index in [1.54, 1.807) is 0 Å². The van der Waals surface area contributed by atoms with Crippen LogP contribution < -0.4 is 11.1 Å². The lowest BCUT2D eigenvalue weighted by molar-refractivity contribution is 0.0931. The Kier molecular flexibility index (Phi) is 4.02. The topological polar surface area (TPSA) is 55.1 Å². The van der Waals surface area contributed by atoms with Gasteiger partial charge in [-0.1, -0.05) is 31.0 Å². The smallest absolute Gasteiger partial charge is 0.251 e. The summed E-state index contributed by atoms with van der Waals surface area (Å²) in [6.45, 7) is 3.33. The highest BCUT2D eigenvalue weighted by molar-refractivity contribution is 5.95. The fourth-order valence-corrected chi connectivity index (χ4v) is 2.77. The Hall–Kier alpha value is -1.35. The number of hydrogen-bond donors (Lipinski definition) is 2. The molecule has 0 aliphatic heterocycles. The van der Waals surface area contributed by atoms with Crippen LogP contribution in [0.1, 0.15) is 41.6 Å². The molecule has 1 aromatic rings. The largest absolute Gasteiger partial charge is 0.351 e. The number of benzene rings is 1. The zero-order valence-electron chi connectivity index (χ0n) is 11.0. The maximum Gasteiger partial charge on any atom is 0.251 e. The zero-order valence-corrected chi connectivity index (χ0v) is 11.0. The van der Waals surface area contributed by atoms with Gasteiger partial charge in [0.2, 0.25) is 0 Å². The van der Waals surface area contributed by atoms with Gasteiger partial charge in [0.1, 0.15) is 0 Å². The Morgan fingerprint density at radius 2 is 2.00 bits per heavy atom. The van der Waals surface area contributed by atoms with Gasteiger partial charge in [0.15, 0.2) is 0 Å². The third kappa shape index (κ3) is 2.72. The van der Waals surface area contributed by atoms with E-state index in [-0.39, 0.29) is 11.3 Å². The number of aryl methyl sites for hydroxylation is 1. The van der Waals surface area contributed by atoms with Crippen molar-refractivity contribution in [2.45, 2.75) is 32.6 Å². The predicted molar refractivity (Wildman–Crippen MR) is 73.5 cm³/mol. The van der Waals surface area contributed by atoms with Gasteiger partial charge in [-0.3, -0.25) is 4.79 Å². The number of carbonyl (C=O) groups excluding carboxylic acids is 1. The zero-order chi connectivity index (χ0) is 13.0. The minimum atomic E-state index is 0.0211. The third-order valence-electron chi connectivity index (χ3n) is 4.11. The summed E-state index contributed by atoms with van der Waals surface area (Å²) in [5.74, 6) is 0.0211. The average Bonchev–Trinajstić information content (AvgIpc) is 2.86. The van der Waals surface area contributed by atoms with Crippen LogP contribution in [-0.4, -0.2) is 19.0 Å². The molecule has 0 unspecified atom stereocenters. The van der Waals surface area contributed by atoms with Gasteiger partial charge >= 0.3 is 0 Å². The van der Waals surface area contributed by atoms with Crippen LogP contribution in [0.5, 0.6) is 0 Å². The van der Waals surface area contributed by atoms with Gasteiger partial charge in [0.25, 0.3) is 5.91 Å². The highest BCUT2D eigenvalue weighted by Gasteiger charge is 2.32. The van der Waals surface area contributed by atoms with Crippen molar-refractivity contribution in [1.29, 1.82) is 0 Å². The van der Waals surface area contributed by atoms with Crippen molar-refractivity contribution in [3.05, 3.63) is 35.4 Å². The molecule has 1 amide bonds. The lowest BCUT2D eigenvalue weighted by atomic mass is 9.86. The lowest BCUT2D eigenvalue weighted by Gasteiger charge is -2.27. The van der Waals surface area contributed by atoms with Gasteiger partial charge in [-0.15, -0.1) is 0 Å². The molecule has 0 bridgehead atoms. The second-order valence-electron chi connectivity index (χ2n) is 5.41. The number of nitrogens with two attached hydrogens (primary N) is 1. The molecule has 0 radical (unpaired) electrons. The molecule has 1 fully saturated rings. The van der Waals surface area contributed by atoms with Gasteiger partial charge < -0.3 is 11.1 Å². The van der Waals surface area contributed by atoms with E-state index in [9.17, 15) is 4.79 Å². The van der Waals surface area contributed by atoms with Crippen LogP contribution in [0.3, 0.4) is 0 Å². The summed E-state index contributed by atoms with van der Waals surface area (Å²) in [6.07, 6.45) is 4.74. The molecule has 3 heteroatoms. The van der Waals surface area contributed by atoms with E-state index in [0.29, 0.717) is 13.1 Å². The van der Waals surface area contributed by atoms with Crippen LogP contribution >= 0.6 is 0 Å². The van der Waals surface area contributed by atoms with Crippen molar-refractivity contribution >= 4 is 5.91 Å². The second-order valence-corrected chi connectivity index (χ2v) is 5.41. The fourth-order valence-electron chi connectivity index (χ4n) is 2.77. The molecule has 18 heavy (non-hydrogen) atoms. The summed E-state index contributed by atoms with van der Waals surface area (Å²) >= 11 is 0. The maximum absolute atomic E-state index is 12.1. The molecule has 0 spiro atoms. The molecule has 1 aliphatic carbocycles. The molecule has 98 valence electrons. The van der Waals surface area contributed by atoms with Crippen molar-refractivity contribution in [2.75, 3.05) is 13.1 Å². The SMILES string of the molecule is Cc1ccccc1C(=O)NCC1(CN)CCCC1. The highest BCUT2D eigenvalue weighted by Crippen LogP contribution is 2.36. The van der Waals surface area contributed by atoms with Crippen LogP contribution in [0, 0.1) is 12.3 Å². The Balaban J connectivity index is 1.98. The summed E-state index contributed by atoms with van der Waals surface area (Å²) in [6, 6.07) is 7.68. The average molecular weight is 246 g/mol. The first-order valence-electron chi connectivity index (χ1n) is 6.71. The number of rotatable bonds is 4. The summed E-state index contributed by atoms with van der Waals surface area (Å²) < 4.78 is 0. The molecule has 2 rings (SSSR count). The number of nitrogens with one attached hydrogen (secondary N) is 1. The van der Waals surface area contributed by atoms with E-state index in [0.717, 1.165) is 24.0 Å². The molecular weight excluding hydrogens is 224 g/mol. The van der Waals surface area contributed by atoms with Crippen molar-refractivity contribution in [2.24, 2.45) is 11.1 Å². The standard InChI is InChI=1S/C15H22N2O/c1-12-6-2-3-7-13(12)14(18)17-11-15(10-16)8-4-5-9-15/h2-3,6-7H,4-5,8-11,16H2,1H3,(H,17,18). The molecule has 1 aromatic carbocycles. The van der Waals surface area contributed by atoms with Crippen molar-refractivity contribution in [3.63, 3.8) is 0 Å². The monoisotopic (exact) mass is 246 g/mol. The molecule has 0 atom stereocenters.